The van der Waals surface area contributed by atoms with Gasteiger partial charge in [0.1, 0.15) is 0 Å². The Morgan fingerprint density at radius 2 is 1.56 bits per heavy atom. The molecule has 2 aromatic carbocycles. The molecule has 4 rings (SSSR count). The summed E-state index contributed by atoms with van der Waals surface area (Å²) in [6.07, 6.45) is 2.21. The summed E-state index contributed by atoms with van der Waals surface area (Å²) in [6.45, 7) is 7.49. The predicted molar refractivity (Wildman–Crippen MR) is 141 cm³/mol. The van der Waals surface area contributed by atoms with Crippen molar-refractivity contribution in [3.63, 3.8) is 0 Å². The summed E-state index contributed by atoms with van der Waals surface area (Å²) in [5.74, 6) is 0.184. The molecule has 2 aliphatic heterocycles. The fourth-order valence-electron chi connectivity index (χ4n) is 4.82. The van der Waals surface area contributed by atoms with Crippen LogP contribution in [0.25, 0.3) is 0 Å². The number of halogens is 4. The van der Waals surface area contributed by atoms with Gasteiger partial charge in [0.25, 0.3) is 0 Å². The molecule has 36 heavy (non-hydrogen) atoms. The first-order valence-corrected chi connectivity index (χ1v) is 13.6. The highest BCUT2D eigenvalue weighted by atomic mass is 35.5. The Kier molecular flexibility index (Phi) is 9.30. The number of hydrogen-bond acceptors (Lipinski definition) is 5. The highest BCUT2D eigenvalue weighted by molar-refractivity contribution is 8.00. The number of benzene rings is 2. The second-order valence-electron chi connectivity index (χ2n) is 9.15. The van der Waals surface area contributed by atoms with Crippen molar-refractivity contribution in [3.8, 4) is 0 Å². The Bertz CT molecular complexity index is 999. The number of para-hydroxylation sites is 1. The van der Waals surface area contributed by atoms with Crippen LogP contribution in [0, 0.1) is 0 Å². The first kappa shape index (κ1) is 26.9. The Hall–Kier alpha value is -2.10. The fraction of sp³-hybridized carbons (Fsp3) is 0.500. The summed E-state index contributed by atoms with van der Waals surface area (Å²) in [7, 11) is 0. The monoisotopic (exact) mass is 540 g/mol. The van der Waals surface area contributed by atoms with E-state index in [1.54, 1.807) is 12.1 Å². The Balaban J connectivity index is 1.17. The first-order valence-electron chi connectivity index (χ1n) is 12.4. The van der Waals surface area contributed by atoms with Crippen molar-refractivity contribution in [2.45, 2.75) is 29.7 Å². The third kappa shape index (κ3) is 7.70. The van der Waals surface area contributed by atoms with E-state index in [-0.39, 0.29) is 22.6 Å². The van der Waals surface area contributed by atoms with Crippen LogP contribution in [0.15, 0.2) is 53.4 Å². The van der Waals surface area contributed by atoms with E-state index in [0.717, 1.165) is 68.5 Å². The molecule has 0 spiro atoms. The van der Waals surface area contributed by atoms with Gasteiger partial charge < -0.3 is 14.7 Å². The first-order chi connectivity index (χ1) is 17.3. The minimum atomic E-state index is -4.28. The van der Waals surface area contributed by atoms with Gasteiger partial charge in [0, 0.05) is 69.4 Å². The minimum Gasteiger partial charge on any atom is -0.370 e. The molecule has 0 unspecified atom stereocenters. The summed E-state index contributed by atoms with van der Waals surface area (Å²) in [5.41, 5.74) is -2.30. The van der Waals surface area contributed by atoms with E-state index < -0.39 is 5.51 Å². The summed E-state index contributed by atoms with van der Waals surface area (Å²) in [6, 6.07) is 14.4. The number of nitrogens with zero attached hydrogens (tertiary/aromatic N) is 4. The molecular formula is C26H32ClF3N4OS. The largest absolute Gasteiger partial charge is 0.446 e. The number of rotatable bonds is 7. The number of piperazine rings is 1. The van der Waals surface area contributed by atoms with E-state index in [9.17, 15) is 18.0 Å². The molecule has 0 aromatic heterocycles. The SMILES string of the molecule is O=C(CCCN1CCN(c2ccccc2Cl)CC1)N1CCCN(c2ccc(SC(F)(F)F)cc2)CC1. The third-order valence-electron chi connectivity index (χ3n) is 6.71. The molecule has 2 aliphatic rings. The zero-order chi connectivity index (χ0) is 25.5. The van der Waals surface area contributed by atoms with Crippen molar-refractivity contribution in [1.29, 1.82) is 0 Å². The van der Waals surface area contributed by atoms with Gasteiger partial charge in [0.15, 0.2) is 0 Å². The molecule has 0 N–H and O–H groups in total. The molecule has 2 heterocycles. The molecule has 5 nitrogen and oxygen atoms in total. The molecule has 0 bridgehead atoms. The second-order valence-corrected chi connectivity index (χ2v) is 10.7. The number of anilines is 2. The average Bonchev–Trinajstić information content (AvgIpc) is 3.11. The molecule has 0 atom stereocenters. The van der Waals surface area contributed by atoms with Gasteiger partial charge in [-0.15, -0.1) is 0 Å². The van der Waals surface area contributed by atoms with Gasteiger partial charge in [0.05, 0.1) is 10.7 Å². The van der Waals surface area contributed by atoms with Crippen LogP contribution >= 0.6 is 23.4 Å². The molecule has 2 aromatic rings. The topological polar surface area (TPSA) is 30.0 Å². The lowest BCUT2D eigenvalue weighted by atomic mass is 10.2. The number of amides is 1. The van der Waals surface area contributed by atoms with E-state index in [0.29, 0.717) is 26.1 Å². The van der Waals surface area contributed by atoms with Crippen molar-refractivity contribution in [2.24, 2.45) is 0 Å². The molecule has 0 radical (unpaired) electrons. The molecule has 1 amide bonds. The molecule has 2 fully saturated rings. The van der Waals surface area contributed by atoms with Gasteiger partial charge in [-0.25, -0.2) is 0 Å². The van der Waals surface area contributed by atoms with Crippen molar-refractivity contribution in [2.75, 3.05) is 68.7 Å². The van der Waals surface area contributed by atoms with Crippen molar-refractivity contribution in [1.82, 2.24) is 9.80 Å². The molecule has 2 saturated heterocycles. The van der Waals surface area contributed by atoms with Crippen LogP contribution in [0.3, 0.4) is 0 Å². The van der Waals surface area contributed by atoms with Crippen LogP contribution in [0.2, 0.25) is 5.02 Å². The summed E-state index contributed by atoms with van der Waals surface area (Å²) < 4.78 is 37.7. The molecular weight excluding hydrogens is 509 g/mol. The van der Waals surface area contributed by atoms with Crippen LogP contribution in [0.4, 0.5) is 24.5 Å². The molecule has 0 aliphatic carbocycles. The van der Waals surface area contributed by atoms with Crippen LogP contribution in [0.5, 0.6) is 0 Å². The van der Waals surface area contributed by atoms with Gasteiger partial charge in [-0.2, -0.15) is 13.2 Å². The van der Waals surface area contributed by atoms with Gasteiger partial charge >= 0.3 is 5.51 Å². The highest BCUT2D eigenvalue weighted by Crippen LogP contribution is 2.37. The highest BCUT2D eigenvalue weighted by Gasteiger charge is 2.29. The smallest absolute Gasteiger partial charge is 0.370 e. The normalized spacial score (nSPS) is 17.8. The van der Waals surface area contributed by atoms with Gasteiger partial charge in [0.2, 0.25) is 5.91 Å². The quantitative estimate of drug-likeness (QED) is 0.427. The van der Waals surface area contributed by atoms with Gasteiger partial charge in [-0.05, 0) is 67.5 Å². The van der Waals surface area contributed by atoms with Crippen molar-refractivity contribution >= 4 is 40.6 Å². The maximum atomic E-state index is 12.8. The number of thioether (sulfide) groups is 1. The summed E-state index contributed by atoms with van der Waals surface area (Å²) in [4.78, 5) is 21.8. The second kappa shape index (κ2) is 12.4. The lowest BCUT2D eigenvalue weighted by Crippen LogP contribution is -2.46. The van der Waals surface area contributed by atoms with E-state index in [4.69, 9.17) is 11.6 Å². The minimum absolute atomic E-state index is 0.101. The van der Waals surface area contributed by atoms with Crippen molar-refractivity contribution < 1.29 is 18.0 Å². The van der Waals surface area contributed by atoms with Gasteiger partial charge in [-0.1, -0.05) is 23.7 Å². The zero-order valence-corrected chi connectivity index (χ0v) is 21.8. The van der Waals surface area contributed by atoms with E-state index in [1.165, 1.54) is 12.1 Å². The van der Waals surface area contributed by atoms with Crippen LogP contribution in [-0.2, 0) is 4.79 Å². The Morgan fingerprint density at radius 1 is 0.861 bits per heavy atom. The number of carbonyl (C=O) groups is 1. The van der Waals surface area contributed by atoms with E-state index >= 15 is 0 Å². The van der Waals surface area contributed by atoms with Gasteiger partial charge in [-0.3, -0.25) is 9.69 Å². The maximum absolute atomic E-state index is 12.8. The predicted octanol–water partition coefficient (Wildman–Crippen LogP) is 5.59. The number of carbonyl (C=O) groups excluding carboxylic acids is 1. The zero-order valence-electron chi connectivity index (χ0n) is 20.2. The van der Waals surface area contributed by atoms with Crippen LogP contribution in [-0.4, -0.2) is 80.1 Å². The van der Waals surface area contributed by atoms with Crippen LogP contribution in [0.1, 0.15) is 19.3 Å². The number of alkyl halides is 3. The summed E-state index contributed by atoms with van der Waals surface area (Å²) in [5, 5.41) is 0.782. The Morgan fingerprint density at radius 3 is 2.25 bits per heavy atom. The van der Waals surface area contributed by atoms with Crippen molar-refractivity contribution in [3.05, 3.63) is 53.6 Å². The molecule has 196 valence electrons. The Labute approximate surface area is 220 Å². The van der Waals surface area contributed by atoms with E-state index in [2.05, 4.69) is 20.8 Å². The lowest BCUT2D eigenvalue weighted by molar-refractivity contribution is -0.131. The average molecular weight is 541 g/mol. The number of hydrogen-bond donors (Lipinski definition) is 0. The summed E-state index contributed by atoms with van der Waals surface area (Å²) >= 11 is 6.23. The lowest BCUT2D eigenvalue weighted by Gasteiger charge is -2.36. The van der Waals surface area contributed by atoms with Crippen LogP contribution < -0.4 is 9.80 Å². The maximum Gasteiger partial charge on any atom is 0.446 e. The molecule has 10 heteroatoms. The molecule has 0 saturated carbocycles. The third-order valence-corrected chi connectivity index (χ3v) is 7.77. The standard InChI is InChI=1S/C26H32ClF3N4OS/c27-23-5-1-2-6-24(23)33-17-15-31(16-18-33)12-3-7-25(35)34-14-4-13-32(19-20-34)21-8-10-22(11-9-21)36-26(28,29)30/h1-2,5-6,8-11H,3-4,7,12-20H2. The fourth-order valence-corrected chi connectivity index (χ4v) is 5.61. The van der Waals surface area contributed by atoms with E-state index in [1.807, 2.05) is 23.1 Å².